The fourth-order valence-corrected chi connectivity index (χ4v) is 3.88. The molecule has 2 unspecified atom stereocenters. The standard InChI is InChI=1S/C14H16BrFINO/c15-12-4-2-1-3-9(12)8-18-14(19)11-6-5-10(16)7-13(11)17/h5-7,9,12H,1-4,8H2,(H,18,19). The molecule has 1 aliphatic rings. The first-order valence-electron chi connectivity index (χ1n) is 6.45. The van der Waals surface area contributed by atoms with Crippen LogP contribution in [0.25, 0.3) is 0 Å². The number of hydrogen-bond acceptors (Lipinski definition) is 1. The van der Waals surface area contributed by atoms with Gasteiger partial charge in [-0.15, -0.1) is 0 Å². The summed E-state index contributed by atoms with van der Waals surface area (Å²) < 4.78 is 13.6. The fraction of sp³-hybridized carbons (Fsp3) is 0.500. The summed E-state index contributed by atoms with van der Waals surface area (Å²) in [7, 11) is 0. The molecule has 2 rings (SSSR count). The molecule has 1 aromatic carbocycles. The van der Waals surface area contributed by atoms with Crippen molar-refractivity contribution >= 4 is 44.4 Å². The lowest BCUT2D eigenvalue weighted by atomic mass is 9.89. The van der Waals surface area contributed by atoms with Gasteiger partial charge in [-0.2, -0.15) is 0 Å². The average molecular weight is 440 g/mol. The molecule has 1 aromatic rings. The highest BCUT2D eigenvalue weighted by Gasteiger charge is 2.23. The van der Waals surface area contributed by atoms with Crippen LogP contribution in [0.4, 0.5) is 4.39 Å². The van der Waals surface area contributed by atoms with Crippen LogP contribution in [0.5, 0.6) is 0 Å². The molecule has 2 nitrogen and oxygen atoms in total. The molecular weight excluding hydrogens is 424 g/mol. The lowest BCUT2D eigenvalue weighted by Gasteiger charge is -2.27. The molecule has 1 aliphatic carbocycles. The third-order valence-corrected chi connectivity index (χ3v) is 5.61. The van der Waals surface area contributed by atoms with Gasteiger partial charge in [0, 0.05) is 14.9 Å². The molecule has 1 amide bonds. The number of amides is 1. The van der Waals surface area contributed by atoms with Crippen molar-refractivity contribution in [3.8, 4) is 0 Å². The summed E-state index contributed by atoms with van der Waals surface area (Å²) in [5.41, 5.74) is 0.545. The van der Waals surface area contributed by atoms with Crippen LogP contribution in [0.1, 0.15) is 36.0 Å². The third-order valence-electron chi connectivity index (χ3n) is 3.52. The van der Waals surface area contributed by atoms with Crippen LogP contribution in [0.3, 0.4) is 0 Å². The van der Waals surface area contributed by atoms with Crippen molar-refractivity contribution in [2.45, 2.75) is 30.5 Å². The van der Waals surface area contributed by atoms with Crippen molar-refractivity contribution in [3.63, 3.8) is 0 Å². The molecule has 104 valence electrons. The van der Waals surface area contributed by atoms with E-state index in [0.717, 1.165) is 6.42 Å². The summed E-state index contributed by atoms with van der Waals surface area (Å²) in [6.07, 6.45) is 4.82. The molecule has 1 N–H and O–H groups in total. The molecule has 0 aromatic heterocycles. The monoisotopic (exact) mass is 439 g/mol. The number of benzene rings is 1. The lowest BCUT2D eigenvalue weighted by Crippen LogP contribution is -2.34. The summed E-state index contributed by atoms with van der Waals surface area (Å²) in [4.78, 5) is 12.6. The van der Waals surface area contributed by atoms with Crippen LogP contribution in [-0.4, -0.2) is 17.3 Å². The van der Waals surface area contributed by atoms with Gasteiger partial charge in [0.1, 0.15) is 5.82 Å². The molecule has 19 heavy (non-hydrogen) atoms. The number of hydrogen-bond donors (Lipinski definition) is 1. The molecule has 0 aliphatic heterocycles. The molecule has 0 radical (unpaired) electrons. The van der Waals surface area contributed by atoms with Gasteiger partial charge in [0.15, 0.2) is 0 Å². The number of carbonyl (C=O) groups is 1. The smallest absolute Gasteiger partial charge is 0.252 e. The van der Waals surface area contributed by atoms with E-state index in [2.05, 4.69) is 21.2 Å². The minimum Gasteiger partial charge on any atom is -0.352 e. The van der Waals surface area contributed by atoms with Gasteiger partial charge in [0.25, 0.3) is 5.91 Å². The van der Waals surface area contributed by atoms with E-state index in [9.17, 15) is 9.18 Å². The molecule has 1 saturated carbocycles. The number of halogens is 3. The van der Waals surface area contributed by atoms with E-state index in [0.29, 0.717) is 26.4 Å². The SMILES string of the molecule is O=C(NCC1CCCCC1Br)c1ccc(F)cc1I. The normalized spacial score (nSPS) is 23.1. The predicted molar refractivity (Wildman–Crippen MR) is 86.1 cm³/mol. The maximum Gasteiger partial charge on any atom is 0.252 e. The Morgan fingerprint density at radius 3 is 2.84 bits per heavy atom. The van der Waals surface area contributed by atoms with Crippen molar-refractivity contribution in [2.24, 2.45) is 5.92 Å². The summed E-state index contributed by atoms with van der Waals surface area (Å²) in [6, 6.07) is 4.24. The van der Waals surface area contributed by atoms with E-state index >= 15 is 0 Å². The van der Waals surface area contributed by atoms with Crippen LogP contribution in [0, 0.1) is 15.3 Å². The van der Waals surface area contributed by atoms with Crippen molar-refractivity contribution in [1.82, 2.24) is 5.32 Å². The van der Waals surface area contributed by atoms with Crippen LogP contribution in [0.15, 0.2) is 18.2 Å². The Bertz CT molecular complexity index is 469. The van der Waals surface area contributed by atoms with Crippen molar-refractivity contribution in [1.29, 1.82) is 0 Å². The maximum atomic E-state index is 13.0. The minimum absolute atomic E-state index is 0.116. The van der Waals surface area contributed by atoms with Gasteiger partial charge in [-0.3, -0.25) is 4.79 Å². The minimum atomic E-state index is -0.311. The lowest BCUT2D eigenvalue weighted by molar-refractivity contribution is 0.0943. The van der Waals surface area contributed by atoms with Gasteiger partial charge in [0.2, 0.25) is 0 Å². The first-order chi connectivity index (χ1) is 9.08. The van der Waals surface area contributed by atoms with E-state index in [1.807, 2.05) is 22.6 Å². The topological polar surface area (TPSA) is 29.1 Å². The summed E-state index contributed by atoms with van der Waals surface area (Å²) in [6.45, 7) is 0.683. The first kappa shape index (κ1) is 15.2. The second-order valence-corrected chi connectivity index (χ2v) is 7.23. The van der Waals surface area contributed by atoms with Crippen LogP contribution >= 0.6 is 38.5 Å². The first-order valence-corrected chi connectivity index (χ1v) is 8.44. The third kappa shape index (κ3) is 4.15. The molecular formula is C14H16BrFINO. The zero-order chi connectivity index (χ0) is 13.8. The zero-order valence-corrected chi connectivity index (χ0v) is 14.2. The molecule has 0 heterocycles. The van der Waals surface area contributed by atoms with Crippen LogP contribution < -0.4 is 5.32 Å². The van der Waals surface area contributed by atoms with Crippen molar-refractivity contribution < 1.29 is 9.18 Å². The van der Waals surface area contributed by atoms with Gasteiger partial charge < -0.3 is 5.32 Å². The molecule has 0 spiro atoms. The molecule has 1 fully saturated rings. The van der Waals surface area contributed by atoms with Crippen LogP contribution in [0.2, 0.25) is 0 Å². The highest BCUT2D eigenvalue weighted by atomic mass is 127. The molecule has 0 saturated heterocycles. The van der Waals surface area contributed by atoms with E-state index < -0.39 is 0 Å². The van der Waals surface area contributed by atoms with Gasteiger partial charge in [-0.25, -0.2) is 4.39 Å². The average Bonchev–Trinajstić information content (AvgIpc) is 2.37. The summed E-state index contributed by atoms with van der Waals surface area (Å²) >= 11 is 5.67. The molecule has 0 bridgehead atoms. The highest BCUT2D eigenvalue weighted by molar-refractivity contribution is 14.1. The number of alkyl halides is 1. The Morgan fingerprint density at radius 1 is 1.42 bits per heavy atom. The number of nitrogens with one attached hydrogen (secondary N) is 1. The van der Waals surface area contributed by atoms with Crippen molar-refractivity contribution in [2.75, 3.05) is 6.54 Å². The van der Waals surface area contributed by atoms with E-state index in [1.165, 1.54) is 31.4 Å². The van der Waals surface area contributed by atoms with Crippen LogP contribution in [-0.2, 0) is 0 Å². The van der Waals surface area contributed by atoms with Gasteiger partial charge >= 0.3 is 0 Å². The predicted octanol–water partition coefficient (Wildman–Crippen LogP) is 4.11. The van der Waals surface area contributed by atoms with E-state index in [4.69, 9.17) is 0 Å². The highest BCUT2D eigenvalue weighted by Crippen LogP contribution is 2.29. The summed E-state index contributed by atoms with van der Waals surface area (Å²) in [5.74, 6) is 0.0687. The Morgan fingerprint density at radius 2 is 2.16 bits per heavy atom. The maximum absolute atomic E-state index is 13.0. The largest absolute Gasteiger partial charge is 0.352 e. The Labute approximate surface area is 134 Å². The molecule has 2 atom stereocenters. The second kappa shape index (κ2) is 7.02. The molecule has 5 heteroatoms. The number of carbonyl (C=O) groups excluding carboxylic acids is 1. The fourth-order valence-electron chi connectivity index (χ4n) is 2.38. The number of rotatable bonds is 3. The Hall–Kier alpha value is -0.170. The van der Waals surface area contributed by atoms with E-state index in [1.54, 1.807) is 6.07 Å². The summed E-state index contributed by atoms with van der Waals surface area (Å²) in [5, 5.41) is 2.96. The van der Waals surface area contributed by atoms with Gasteiger partial charge in [0.05, 0.1) is 5.56 Å². The Balaban J connectivity index is 1.93. The van der Waals surface area contributed by atoms with Crippen molar-refractivity contribution in [3.05, 3.63) is 33.1 Å². The van der Waals surface area contributed by atoms with Gasteiger partial charge in [-0.05, 0) is 59.5 Å². The Kier molecular flexibility index (Phi) is 5.62. The second-order valence-electron chi connectivity index (χ2n) is 4.89. The van der Waals surface area contributed by atoms with E-state index in [-0.39, 0.29) is 11.7 Å². The van der Waals surface area contributed by atoms with Gasteiger partial charge in [-0.1, -0.05) is 28.8 Å². The zero-order valence-electron chi connectivity index (χ0n) is 10.5. The quantitative estimate of drug-likeness (QED) is 0.557.